The lowest BCUT2D eigenvalue weighted by molar-refractivity contribution is 0.0971. The second kappa shape index (κ2) is 9.07. The van der Waals surface area contributed by atoms with Gasteiger partial charge in [-0.15, -0.1) is 0 Å². The Morgan fingerprint density at radius 1 is 1.09 bits per heavy atom. The van der Waals surface area contributed by atoms with Crippen molar-refractivity contribution < 1.29 is 9.53 Å². The number of morpholine rings is 1. The first-order valence-electron chi connectivity index (χ1n) is 12.0. The van der Waals surface area contributed by atoms with Crippen molar-refractivity contribution in [3.05, 3.63) is 54.6 Å². The molecule has 0 unspecified atom stereocenters. The van der Waals surface area contributed by atoms with E-state index in [-0.39, 0.29) is 5.78 Å². The largest absolute Gasteiger partial charge is 0.378 e. The van der Waals surface area contributed by atoms with Gasteiger partial charge in [0.25, 0.3) is 0 Å². The highest BCUT2D eigenvalue weighted by molar-refractivity contribution is 5.94. The number of hydrogen-bond donors (Lipinski definition) is 1. The number of ether oxygens (including phenoxy) is 1. The first-order chi connectivity index (χ1) is 17.1. The summed E-state index contributed by atoms with van der Waals surface area (Å²) in [4.78, 5) is 33.0. The van der Waals surface area contributed by atoms with Crippen LogP contribution in [0.15, 0.2) is 48.9 Å². The minimum atomic E-state index is 0.114. The summed E-state index contributed by atoms with van der Waals surface area (Å²) in [5, 5.41) is 3.36. The number of carbonyl (C=O) groups excluding carboxylic acids is 1. The van der Waals surface area contributed by atoms with Crippen molar-refractivity contribution in [2.75, 3.05) is 36.5 Å². The Hall–Kier alpha value is -3.85. The monoisotopic (exact) mass is 469 g/mol. The molecule has 2 fully saturated rings. The highest BCUT2D eigenvalue weighted by Crippen LogP contribution is 2.33. The number of anilines is 3. The van der Waals surface area contributed by atoms with Gasteiger partial charge in [0.05, 0.1) is 48.2 Å². The van der Waals surface area contributed by atoms with E-state index in [0.717, 1.165) is 53.9 Å². The van der Waals surface area contributed by atoms with Crippen LogP contribution >= 0.6 is 0 Å². The maximum absolute atomic E-state index is 12.4. The lowest BCUT2D eigenvalue weighted by atomic mass is 10.1. The van der Waals surface area contributed by atoms with Gasteiger partial charge >= 0.3 is 0 Å². The summed E-state index contributed by atoms with van der Waals surface area (Å²) >= 11 is 0. The zero-order valence-electron chi connectivity index (χ0n) is 19.6. The van der Waals surface area contributed by atoms with Gasteiger partial charge in [-0.25, -0.2) is 9.97 Å². The molecule has 4 aromatic rings. The van der Waals surface area contributed by atoms with Gasteiger partial charge in [-0.2, -0.15) is 4.98 Å². The molecular weight excluding hydrogens is 442 g/mol. The first-order valence-corrected chi connectivity index (χ1v) is 12.0. The smallest absolute Gasteiger partial charge is 0.228 e. The Labute approximate surface area is 203 Å². The predicted octanol–water partition coefficient (Wildman–Crippen LogP) is 3.99. The molecule has 0 radical (unpaired) electrons. The van der Waals surface area contributed by atoms with Gasteiger partial charge < -0.3 is 19.5 Å². The molecule has 1 N–H and O–H groups in total. The normalized spacial score (nSPS) is 16.0. The number of Topliss-reactive ketones (excluding diaryl/α,β-unsaturated/α-hetero) is 1. The Morgan fingerprint density at radius 3 is 2.71 bits per heavy atom. The van der Waals surface area contributed by atoms with Crippen LogP contribution in [0.4, 0.5) is 17.5 Å². The van der Waals surface area contributed by atoms with Gasteiger partial charge in [-0.1, -0.05) is 6.07 Å². The quantitative estimate of drug-likeness (QED) is 0.406. The van der Waals surface area contributed by atoms with Gasteiger partial charge in [0.1, 0.15) is 11.5 Å². The van der Waals surface area contributed by atoms with Crippen LogP contribution in [0.2, 0.25) is 0 Å². The van der Waals surface area contributed by atoms with E-state index in [4.69, 9.17) is 14.7 Å². The van der Waals surface area contributed by atoms with Crippen LogP contribution < -0.4 is 10.2 Å². The van der Waals surface area contributed by atoms with E-state index in [1.165, 1.54) is 0 Å². The number of nitrogens with one attached hydrogen (secondary N) is 1. The zero-order valence-corrected chi connectivity index (χ0v) is 19.6. The minimum absolute atomic E-state index is 0.114. The summed E-state index contributed by atoms with van der Waals surface area (Å²) < 4.78 is 7.51. The van der Waals surface area contributed by atoms with Gasteiger partial charge in [-0.05, 0) is 43.0 Å². The first kappa shape index (κ1) is 21.7. The van der Waals surface area contributed by atoms with E-state index in [2.05, 4.69) is 26.3 Å². The van der Waals surface area contributed by atoms with E-state index in [0.29, 0.717) is 43.0 Å². The number of ketones is 1. The zero-order chi connectivity index (χ0) is 23.8. The van der Waals surface area contributed by atoms with Crippen LogP contribution in [0.3, 0.4) is 0 Å². The number of fused-ring (bicyclic) bond motifs is 1. The number of rotatable bonds is 7. The van der Waals surface area contributed by atoms with Crippen LogP contribution in [0.25, 0.3) is 22.3 Å². The molecule has 1 aliphatic carbocycles. The maximum Gasteiger partial charge on any atom is 0.228 e. The van der Waals surface area contributed by atoms with Crippen LogP contribution in [-0.2, 0) is 11.8 Å². The SMILES string of the molecule is Cn1cnc2ccc(-c3cc(Nc4ccc(C(=O)CC5CC5)nc4)nc(N4CCOCC4)n3)cc21. The molecule has 1 aromatic carbocycles. The van der Waals surface area contributed by atoms with Crippen LogP contribution in [0.1, 0.15) is 29.8 Å². The fourth-order valence-electron chi connectivity index (χ4n) is 4.31. The molecule has 1 aliphatic heterocycles. The molecule has 1 saturated heterocycles. The molecule has 4 heterocycles. The average molecular weight is 470 g/mol. The molecule has 2 aliphatic rings. The molecular formula is C26H27N7O2. The number of benzene rings is 1. The average Bonchev–Trinajstić information content (AvgIpc) is 3.64. The molecule has 0 bridgehead atoms. The van der Waals surface area contributed by atoms with Crippen molar-refractivity contribution in [1.29, 1.82) is 0 Å². The lowest BCUT2D eigenvalue weighted by Crippen LogP contribution is -2.37. The van der Waals surface area contributed by atoms with Crippen LogP contribution in [0, 0.1) is 5.92 Å². The van der Waals surface area contributed by atoms with Crippen molar-refractivity contribution in [3.8, 4) is 11.3 Å². The molecule has 9 nitrogen and oxygen atoms in total. The molecule has 9 heteroatoms. The molecule has 1 saturated carbocycles. The number of pyridine rings is 1. The summed E-state index contributed by atoms with van der Waals surface area (Å²) in [6.07, 6.45) is 6.41. The number of imidazole rings is 1. The Balaban J connectivity index is 1.31. The van der Waals surface area contributed by atoms with Gasteiger partial charge in [0.2, 0.25) is 5.95 Å². The maximum atomic E-state index is 12.4. The molecule has 6 rings (SSSR count). The van der Waals surface area contributed by atoms with E-state index >= 15 is 0 Å². The third-order valence-corrected chi connectivity index (χ3v) is 6.52. The van der Waals surface area contributed by atoms with Crippen molar-refractivity contribution in [3.63, 3.8) is 0 Å². The van der Waals surface area contributed by atoms with Crippen molar-refractivity contribution >= 4 is 34.3 Å². The van der Waals surface area contributed by atoms with Crippen molar-refractivity contribution in [1.82, 2.24) is 24.5 Å². The Kier molecular flexibility index (Phi) is 5.61. The van der Waals surface area contributed by atoms with E-state index in [9.17, 15) is 4.79 Å². The fourth-order valence-corrected chi connectivity index (χ4v) is 4.31. The fraction of sp³-hybridized carbons (Fsp3) is 0.346. The number of nitrogens with zero attached hydrogens (tertiary/aromatic N) is 6. The van der Waals surface area contributed by atoms with E-state index in [1.807, 2.05) is 42.2 Å². The van der Waals surface area contributed by atoms with E-state index < -0.39 is 0 Å². The minimum Gasteiger partial charge on any atom is -0.378 e. The highest BCUT2D eigenvalue weighted by Gasteiger charge is 2.25. The summed E-state index contributed by atoms with van der Waals surface area (Å²) in [6, 6.07) is 11.7. The van der Waals surface area contributed by atoms with Gasteiger partial charge in [0, 0.05) is 38.2 Å². The third-order valence-electron chi connectivity index (χ3n) is 6.52. The van der Waals surface area contributed by atoms with Crippen LogP contribution in [0.5, 0.6) is 0 Å². The highest BCUT2D eigenvalue weighted by atomic mass is 16.5. The standard InChI is InChI=1S/C26H27N7O2/c1-32-16-28-20-6-4-18(13-23(20)32)22-14-25(31-26(30-22)33-8-10-35-11-9-33)29-19-5-7-21(27-15-19)24(34)12-17-2-3-17/h4-7,13-17H,2-3,8-12H2,1H3,(H,29,30,31). The third kappa shape index (κ3) is 4.72. The van der Waals surface area contributed by atoms with E-state index in [1.54, 1.807) is 12.3 Å². The summed E-state index contributed by atoms with van der Waals surface area (Å²) in [6.45, 7) is 2.78. The summed E-state index contributed by atoms with van der Waals surface area (Å²) in [7, 11) is 1.98. The number of aromatic nitrogens is 5. The lowest BCUT2D eigenvalue weighted by Gasteiger charge is -2.27. The molecule has 0 amide bonds. The van der Waals surface area contributed by atoms with Crippen LogP contribution in [-0.4, -0.2) is 56.6 Å². The Bertz CT molecular complexity index is 1370. The number of carbonyl (C=O) groups is 1. The predicted molar refractivity (Wildman–Crippen MR) is 134 cm³/mol. The number of aryl methyl sites for hydroxylation is 1. The topological polar surface area (TPSA) is 98.1 Å². The molecule has 35 heavy (non-hydrogen) atoms. The molecule has 178 valence electrons. The van der Waals surface area contributed by atoms with Crippen molar-refractivity contribution in [2.45, 2.75) is 19.3 Å². The van der Waals surface area contributed by atoms with Gasteiger partial charge in [-0.3, -0.25) is 9.78 Å². The Morgan fingerprint density at radius 2 is 1.94 bits per heavy atom. The summed E-state index contributed by atoms with van der Waals surface area (Å²) in [5.74, 6) is 1.98. The van der Waals surface area contributed by atoms with Crippen molar-refractivity contribution in [2.24, 2.45) is 13.0 Å². The van der Waals surface area contributed by atoms with Gasteiger partial charge in [0.15, 0.2) is 5.78 Å². The summed E-state index contributed by atoms with van der Waals surface area (Å²) in [5.41, 5.74) is 5.08. The molecule has 3 aromatic heterocycles. The number of hydrogen-bond acceptors (Lipinski definition) is 8. The second-order valence-corrected chi connectivity index (χ2v) is 9.22. The second-order valence-electron chi connectivity index (χ2n) is 9.22. The molecule has 0 atom stereocenters. The molecule has 0 spiro atoms.